The number of amides is 3. The lowest BCUT2D eigenvalue weighted by atomic mass is 10.0. The fourth-order valence-electron chi connectivity index (χ4n) is 2.73. The van der Waals surface area contributed by atoms with Gasteiger partial charge in [0.1, 0.15) is 30.0 Å². The van der Waals surface area contributed by atoms with E-state index in [4.69, 9.17) is 4.74 Å². The molecule has 2 unspecified atom stereocenters. The van der Waals surface area contributed by atoms with Crippen molar-refractivity contribution in [3.63, 3.8) is 0 Å². The number of benzene rings is 1. The second kappa shape index (κ2) is 11.9. The third-order valence-corrected chi connectivity index (χ3v) is 4.13. The molecule has 0 heterocycles. The Balaban J connectivity index is 3.20. The number of hydrogen-bond donors (Lipinski definition) is 4. The summed E-state index contributed by atoms with van der Waals surface area (Å²) in [5.41, 5.74) is -0.462. The van der Waals surface area contributed by atoms with E-state index in [1.807, 2.05) is 0 Å². The van der Waals surface area contributed by atoms with E-state index in [0.717, 1.165) is 12.0 Å². The van der Waals surface area contributed by atoms with E-state index in [1.54, 1.807) is 20.8 Å². The number of aromatic hydroxyl groups is 1. The SMILES string of the molecule is COC(=O)CNC(=O)C(c1ccc(O)cc1)N(CCO)C(=O)C(C)NC(=O)OC(C)(C)C. The minimum atomic E-state index is -1.26. The van der Waals surface area contributed by atoms with E-state index in [2.05, 4.69) is 15.4 Å². The number of nitrogens with one attached hydrogen (secondary N) is 2. The van der Waals surface area contributed by atoms with Gasteiger partial charge in [0.05, 0.1) is 13.7 Å². The molecule has 0 spiro atoms. The Hall–Kier alpha value is -3.34. The molecule has 1 aromatic carbocycles. The van der Waals surface area contributed by atoms with Gasteiger partial charge in [-0.3, -0.25) is 14.4 Å². The number of rotatable bonds is 9. The lowest BCUT2D eigenvalue weighted by molar-refractivity contribution is -0.145. The lowest BCUT2D eigenvalue weighted by Crippen LogP contribution is -2.53. The molecule has 0 saturated carbocycles. The van der Waals surface area contributed by atoms with Crippen LogP contribution in [0.15, 0.2) is 24.3 Å². The molecule has 0 aromatic heterocycles. The summed E-state index contributed by atoms with van der Waals surface area (Å²) in [6.45, 7) is 5.28. The van der Waals surface area contributed by atoms with Crippen LogP contribution in [0.5, 0.6) is 5.75 Å². The number of hydrogen-bond acceptors (Lipinski definition) is 8. The fraction of sp³-hybridized carbons (Fsp3) is 0.524. The highest BCUT2D eigenvalue weighted by Gasteiger charge is 2.34. The summed E-state index contributed by atoms with van der Waals surface area (Å²) in [6, 6.07) is 3.18. The molecule has 3 amide bonds. The van der Waals surface area contributed by atoms with Crippen LogP contribution in [0.4, 0.5) is 4.79 Å². The minimum absolute atomic E-state index is 0.0533. The van der Waals surface area contributed by atoms with Crippen molar-refractivity contribution in [2.24, 2.45) is 0 Å². The third kappa shape index (κ3) is 8.42. The molecule has 4 N–H and O–H groups in total. The molecular weight excluding hydrogens is 422 g/mol. The van der Waals surface area contributed by atoms with Gasteiger partial charge in [-0.05, 0) is 45.4 Å². The maximum Gasteiger partial charge on any atom is 0.408 e. The molecule has 178 valence electrons. The molecule has 1 aromatic rings. The molecule has 32 heavy (non-hydrogen) atoms. The highest BCUT2D eigenvalue weighted by atomic mass is 16.6. The molecule has 0 radical (unpaired) electrons. The lowest BCUT2D eigenvalue weighted by Gasteiger charge is -2.33. The fourth-order valence-corrected chi connectivity index (χ4v) is 2.73. The maximum absolute atomic E-state index is 13.1. The van der Waals surface area contributed by atoms with Crippen LogP contribution in [0, 0.1) is 0 Å². The van der Waals surface area contributed by atoms with E-state index < -0.39 is 54.7 Å². The normalized spacial score (nSPS) is 12.8. The summed E-state index contributed by atoms with van der Waals surface area (Å²) in [7, 11) is 1.16. The highest BCUT2D eigenvalue weighted by Crippen LogP contribution is 2.24. The molecule has 1 rings (SSSR count). The zero-order chi connectivity index (χ0) is 24.5. The first-order valence-electron chi connectivity index (χ1n) is 9.94. The second-order valence-corrected chi connectivity index (χ2v) is 7.91. The number of methoxy groups -OCH3 is 1. The van der Waals surface area contributed by atoms with Gasteiger partial charge in [0.2, 0.25) is 11.8 Å². The second-order valence-electron chi connectivity index (χ2n) is 7.91. The largest absolute Gasteiger partial charge is 0.508 e. The number of phenols is 1. The first-order valence-corrected chi connectivity index (χ1v) is 9.94. The summed E-state index contributed by atoms with van der Waals surface area (Å²) in [5, 5.41) is 23.9. The van der Waals surface area contributed by atoms with Crippen LogP contribution < -0.4 is 10.6 Å². The van der Waals surface area contributed by atoms with Gasteiger partial charge in [-0.25, -0.2) is 4.79 Å². The van der Waals surface area contributed by atoms with Crippen LogP contribution in [0.2, 0.25) is 0 Å². The van der Waals surface area contributed by atoms with Gasteiger partial charge in [-0.15, -0.1) is 0 Å². The van der Waals surface area contributed by atoms with Crippen molar-refractivity contribution in [1.82, 2.24) is 15.5 Å². The summed E-state index contributed by atoms with van der Waals surface area (Å²) in [6.07, 6.45) is -0.821. The van der Waals surface area contributed by atoms with Crippen molar-refractivity contribution in [2.75, 3.05) is 26.8 Å². The van der Waals surface area contributed by atoms with Gasteiger partial charge >= 0.3 is 12.1 Å². The van der Waals surface area contributed by atoms with Gasteiger partial charge < -0.3 is 35.2 Å². The van der Waals surface area contributed by atoms with Crippen molar-refractivity contribution in [2.45, 2.75) is 45.4 Å². The molecule has 0 aliphatic rings. The third-order valence-electron chi connectivity index (χ3n) is 4.13. The molecule has 0 aliphatic heterocycles. The number of carbonyl (C=O) groups is 4. The van der Waals surface area contributed by atoms with E-state index in [1.165, 1.54) is 31.2 Å². The Morgan fingerprint density at radius 3 is 2.22 bits per heavy atom. The first kappa shape index (κ1) is 26.7. The minimum Gasteiger partial charge on any atom is -0.508 e. The Morgan fingerprint density at radius 2 is 1.72 bits per heavy atom. The number of aliphatic hydroxyl groups excluding tert-OH is 1. The predicted octanol–water partition coefficient (Wildman–Crippen LogP) is 0.457. The van der Waals surface area contributed by atoms with Crippen molar-refractivity contribution < 1.29 is 38.9 Å². The summed E-state index contributed by atoms with van der Waals surface area (Å²) in [5.74, 6) is -2.13. The van der Waals surface area contributed by atoms with Crippen LogP contribution >= 0.6 is 0 Å². The van der Waals surface area contributed by atoms with Gasteiger partial charge in [0, 0.05) is 6.54 Å². The number of esters is 1. The maximum atomic E-state index is 13.1. The number of ether oxygens (including phenoxy) is 2. The Morgan fingerprint density at radius 1 is 1.12 bits per heavy atom. The number of carbonyl (C=O) groups excluding carboxylic acids is 4. The van der Waals surface area contributed by atoms with Crippen LogP contribution in [0.1, 0.15) is 39.3 Å². The quantitative estimate of drug-likeness (QED) is 0.393. The number of aliphatic hydroxyl groups is 1. The molecule has 0 saturated heterocycles. The van der Waals surface area contributed by atoms with Crippen molar-refractivity contribution in [3.8, 4) is 5.75 Å². The van der Waals surface area contributed by atoms with Crippen molar-refractivity contribution in [3.05, 3.63) is 29.8 Å². The first-order chi connectivity index (χ1) is 14.9. The average Bonchev–Trinajstić information content (AvgIpc) is 2.70. The summed E-state index contributed by atoms with van der Waals surface area (Å²) < 4.78 is 9.66. The molecule has 2 atom stereocenters. The molecule has 0 bridgehead atoms. The van der Waals surface area contributed by atoms with Crippen molar-refractivity contribution >= 4 is 23.9 Å². The van der Waals surface area contributed by atoms with Gasteiger partial charge in [0.25, 0.3) is 0 Å². The number of nitrogens with zero attached hydrogens (tertiary/aromatic N) is 1. The van der Waals surface area contributed by atoms with E-state index in [9.17, 15) is 29.4 Å². The summed E-state index contributed by atoms with van der Waals surface area (Å²) in [4.78, 5) is 50.6. The number of alkyl carbamates (subject to hydrolysis) is 1. The molecule has 11 heteroatoms. The monoisotopic (exact) mass is 453 g/mol. The smallest absolute Gasteiger partial charge is 0.408 e. The topological polar surface area (TPSA) is 154 Å². The Kier molecular flexibility index (Phi) is 9.92. The molecular formula is C21H31N3O8. The molecule has 0 fully saturated rings. The molecule has 11 nitrogen and oxygen atoms in total. The summed E-state index contributed by atoms with van der Waals surface area (Å²) >= 11 is 0. The van der Waals surface area contributed by atoms with Gasteiger partial charge in [-0.2, -0.15) is 0 Å². The van der Waals surface area contributed by atoms with E-state index >= 15 is 0 Å². The highest BCUT2D eigenvalue weighted by molar-refractivity contribution is 5.93. The van der Waals surface area contributed by atoms with Crippen LogP contribution in [-0.2, 0) is 23.9 Å². The van der Waals surface area contributed by atoms with Crippen molar-refractivity contribution in [1.29, 1.82) is 0 Å². The van der Waals surface area contributed by atoms with E-state index in [0.29, 0.717) is 5.56 Å². The van der Waals surface area contributed by atoms with Crippen LogP contribution in [0.25, 0.3) is 0 Å². The molecule has 0 aliphatic carbocycles. The zero-order valence-electron chi connectivity index (χ0n) is 18.9. The van der Waals surface area contributed by atoms with Crippen LogP contribution in [0.3, 0.4) is 0 Å². The Labute approximate surface area is 186 Å². The standard InChI is InChI=1S/C21H31N3O8/c1-13(23-20(30)32-21(2,3)4)19(29)24(10-11-25)17(14-6-8-15(26)9-7-14)18(28)22-12-16(27)31-5/h6-9,13,17,25-26H,10-12H2,1-5H3,(H,22,28)(H,23,30). The zero-order valence-corrected chi connectivity index (χ0v) is 18.9. The Bertz CT molecular complexity index is 804. The van der Waals surface area contributed by atoms with Gasteiger partial charge in [0.15, 0.2) is 0 Å². The van der Waals surface area contributed by atoms with Gasteiger partial charge in [-0.1, -0.05) is 12.1 Å². The average molecular weight is 453 g/mol. The van der Waals surface area contributed by atoms with E-state index in [-0.39, 0.29) is 12.3 Å². The predicted molar refractivity (Wildman–Crippen MR) is 114 cm³/mol. The van der Waals surface area contributed by atoms with Crippen LogP contribution in [-0.4, -0.2) is 77.4 Å². The number of phenolic OH excluding ortho intramolecular Hbond substituents is 1.